The lowest BCUT2D eigenvalue weighted by atomic mass is 10.2. The first-order chi connectivity index (χ1) is 17.4. The molecule has 1 unspecified atom stereocenters. The van der Waals surface area contributed by atoms with Crippen LogP contribution < -0.4 is 27.6 Å². The summed E-state index contributed by atoms with van der Waals surface area (Å²) >= 11 is 0. The molecule has 7 atom stereocenters. The first kappa shape index (κ1) is 27.3. The molecule has 17 heteroatoms. The van der Waals surface area contributed by atoms with Crippen LogP contribution in [0.5, 0.6) is 0 Å². The molecule has 0 bridgehead atoms. The summed E-state index contributed by atoms with van der Waals surface area (Å²) < 4.78 is 31.5. The quantitative estimate of drug-likeness (QED) is 0.193. The average molecular weight is 545 g/mol. The van der Waals surface area contributed by atoms with Gasteiger partial charge in [-0.3, -0.25) is 33.2 Å². The standard InChI is InChI=1S/C20H28N5O11P/c1-9-6-24(19(30)22-17(9)28)15-3-11(27)13(34-15)5-21-37(32,33)36-12-4-16(35-14(12)8-26)25-7-10(2)18(29)23-20(25)31/h6-7,11-16,26-27H,3-5,8H2,1-2H3,(H2,21,32,33)(H,22,28,30)(H,23,29,31)/t11-,12-,13+,14+,15+,16+/m0/s1. The molecule has 4 rings (SSSR count). The Morgan fingerprint density at radius 3 is 2.05 bits per heavy atom. The number of aliphatic hydroxyl groups excluding tert-OH is 2. The van der Waals surface area contributed by atoms with Crippen LogP contribution in [0.4, 0.5) is 0 Å². The Morgan fingerprint density at radius 2 is 1.51 bits per heavy atom. The average Bonchev–Trinajstić information content (AvgIpc) is 3.39. The van der Waals surface area contributed by atoms with Crippen molar-refractivity contribution in [2.75, 3.05) is 13.2 Å². The van der Waals surface area contributed by atoms with Gasteiger partial charge in [-0.05, 0) is 13.8 Å². The van der Waals surface area contributed by atoms with E-state index in [1.54, 1.807) is 0 Å². The normalized spacial score (nSPS) is 29.4. The third kappa shape index (κ3) is 5.91. The molecule has 0 aliphatic carbocycles. The summed E-state index contributed by atoms with van der Waals surface area (Å²) in [6.45, 7) is 2.09. The van der Waals surface area contributed by atoms with Gasteiger partial charge in [0.25, 0.3) is 11.1 Å². The van der Waals surface area contributed by atoms with E-state index in [9.17, 15) is 38.8 Å². The molecule has 37 heavy (non-hydrogen) atoms. The predicted molar refractivity (Wildman–Crippen MR) is 125 cm³/mol. The molecule has 2 aliphatic rings. The second-order valence-corrected chi connectivity index (χ2v) is 10.5. The number of aliphatic hydroxyl groups is 2. The molecule has 4 heterocycles. The third-order valence-corrected chi connectivity index (χ3v) is 7.39. The topological polar surface area (TPSA) is 227 Å². The number of aryl methyl sites for hydroxylation is 2. The van der Waals surface area contributed by atoms with E-state index in [-0.39, 0.29) is 30.5 Å². The molecule has 2 aliphatic heterocycles. The highest BCUT2D eigenvalue weighted by Crippen LogP contribution is 2.44. The highest BCUT2D eigenvalue weighted by atomic mass is 31.2. The minimum Gasteiger partial charge on any atom is -0.394 e. The zero-order valence-corrected chi connectivity index (χ0v) is 20.8. The lowest BCUT2D eigenvalue weighted by molar-refractivity contribution is -0.0440. The Morgan fingerprint density at radius 1 is 1.00 bits per heavy atom. The third-order valence-electron chi connectivity index (χ3n) is 6.25. The Bertz CT molecular complexity index is 1430. The Kier molecular flexibility index (Phi) is 7.83. The van der Waals surface area contributed by atoms with E-state index in [4.69, 9.17) is 14.0 Å². The number of hydrogen-bond acceptors (Lipinski definition) is 10. The number of ether oxygens (including phenoxy) is 2. The van der Waals surface area contributed by atoms with Gasteiger partial charge in [0, 0.05) is 42.9 Å². The van der Waals surface area contributed by atoms with Gasteiger partial charge in [-0.25, -0.2) is 19.2 Å². The van der Waals surface area contributed by atoms with Gasteiger partial charge in [-0.2, -0.15) is 0 Å². The molecular weight excluding hydrogens is 517 g/mol. The van der Waals surface area contributed by atoms with Gasteiger partial charge >= 0.3 is 19.1 Å². The Labute approximate surface area is 208 Å². The fourth-order valence-electron chi connectivity index (χ4n) is 4.24. The molecule has 2 aromatic heterocycles. The number of nitrogens with zero attached hydrogens (tertiary/aromatic N) is 2. The fourth-order valence-corrected chi connectivity index (χ4v) is 5.32. The molecule has 0 spiro atoms. The number of hydrogen-bond donors (Lipinski definition) is 6. The molecule has 2 fully saturated rings. The molecule has 0 aromatic carbocycles. The first-order valence-electron chi connectivity index (χ1n) is 11.4. The summed E-state index contributed by atoms with van der Waals surface area (Å²) in [5.74, 6) is 0. The van der Waals surface area contributed by atoms with E-state index in [1.807, 2.05) is 0 Å². The number of rotatable bonds is 8. The summed E-state index contributed by atoms with van der Waals surface area (Å²) in [7, 11) is -4.53. The van der Waals surface area contributed by atoms with Crippen molar-refractivity contribution in [3.8, 4) is 0 Å². The molecule has 2 aromatic rings. The van der Waals surface area contributed by atoms with Crippen molar-refractivity contribution in [1.29, 1.82) is 0 Å². The van der Waals surface area contributed by atoms with Crippen LogP contribution in [0.2, 0.25) is 0 Å². The second-order valence-electron chi connectivity index (χ2n) is 8.96. The van der Waals surface area contributed by atoms with Crippen LogP contribution in [0.15, 0.2) is 31.6 Å². The fraction of sp³-hybridized carbons (Fsp3) is 0.600. The first-order valence-corrected chi connectivity index (χ1v) is 13.0. The molecule has 0 saturated carbocycles. The predicted octanol–water partition coefficient (Wildman–Crippen LogP) is -2.29. The van der Waals surface area contributed by atoms with Crippen LogP contribution >= 0.6 is 7.75 Å². The molecular formula is C20H28N5O11P. The van der Waals surface area contributed by atoms with Crippen LogP contribution in [0.1, 0.15) is 36.4 Å². The summed E-state index contributed by atoms with van der Waals surface area (Å²) in [5.41, 5.74) is -2.06. The van der Waals surface area contributed by atoms with Crippen LogP contribution in [0.3, 0.4) is 0 Å². The van der Waals surface area contributed by atoms with E-state index >= 15 is 0 Å². The zero-order valence-electron chi connectivity index (χ0n) is 19.9. The van der Waals surface area contributed by atoms with Gasteiger partial charge < -0.3 is 24.6 Å². The molecule has 6 N–H and O–H groups in total. The van der Waals surface area contributed by atoms with Crippen molar-refractivity contribution in [1.82, 2.24) is 24.2 Å². The van der Waals surface area contributed by atoms with Crippen molar-refractivity contribution < 1.29 is 33.7 Å². The summed E-state index contributed by atoms with van der Waals surface area (Å²) in [5, 5.41) is 22.3. The highest BCUT2D eigenvalue weighted by molar-refractivity contribution is 7.50. The largest absolute Gasteiger partial charge is 0.403 e. The van der Waals surface area contributed by atoms with Crippen molar-refractivity contribution >= 4 is 7.75 Å². The summed E-state index contributed by atoms with van der Waals surface area (Å²) in [6, 6.07) is 0. The van der Waals surface area contributed by atoms with E-state index in [1.165, 1.54) is 26.2 Å². The van der Waals surface area contributed by atoms with E-state index < -0.39 is 73.7 Å². The lowest BCUT2D eigenvalue weighted by Crippen LogP contribution is -2.35. The van der Waals surface area contributed by atoms with Crippen LogP contribution in [-0.4, -0.2) is 71.8 Å². The molecule has 0 amide bonds. The number of aromatic nitrogens is 4. The second kappa shape index (κ2) is 10.6. The Hall–Kier alpha value is -2.69. The minimum absolute atomic E-state index is 0.00755. The Balaban J connectivity index is 1.39. The van der Waals surface area contributed by atoms with Crippen LogP contribution in [0.25, 0.3) is 0 Å². The highest BCUT2D eigenvalue weighted by Gasteiger charge is 2.42. The zero-order chi connectivity index (χ0) is 27.1. The maximum absolute atomic E-state index is 12.7. The van der Waals surface area contributed by atoms with E-state index in [0.29, 0.717) is 0 Å². The van der Waals surface area contributed by atoms with Crippen molar-refractivity contribution in [2.45, 2.75) is 63.6 Å². The van der Waals surface area contributed by atoms with E-state index in [2.05, 4.69) is 15.1 Å². The van der Waals surface area contributed by atoms with Crippen molar-refractivity contribution in [3.05, 3.63) is 65.2 Å². The molecule has 0 radical (unpaired) electrons. The van der Waals surface area contributed by atoms with Gasteiger partial charge in [0.05, 0.1) is 18.8 Å². The molecule has 16 nitrogen and oxygen atoms in total. The number of H-pyrrole nitrogens is 2. The SMILES string of the molecule is Cc1cn([C@H]2C[C@H](OP(=O)(O)NC[C@H]3O[C@@H](n4cc(C)c(=O)[nH]c4=O)C[C@@H]3O)[C@@H](CO)O2)c(=O)[nH]c1=O. The van der Waals surface area contributed by atoms with Crippen LogP contribution in [-0.2, 0) is 18.6 Å². The van der Waals surface area contributed by atoms with Gasteiger partial charge in [0.15, 0.2) is 0 Å². The maximum Gasteiger partial charge on any atom is 0.403 e. The van der Waals surface area contributed by atoms with Crippen molar-refractivity contribution in [3.63, 3.8) is 0 Å². The molecule has 204 valence electrons. The van der Waals surface area contributed by atoms with Gasteiger partial charge in [0.1, 0.15) is 24.7 Å². The van der Waals surface area contributed by atoms with Crippen molar-refractivity contribution in [2.24, 2.45) is 0 Å². The minimum atomic E-state index is -4.53. The smallest absolute Gasteiger partial charge is 0.394 e. The lowest BCUT2D eigenvalue weighted by Gasteiger charge is -2.22. The summed E-state index contributed by atoms with van der Waals surface area (Å²) in [4.78, 5) is 62.1. The molecule has 2 saturated heterocycles. The van der Waals surface area contributed by atoms with Gasteiger partial charge in [0.2, 0.25) is 0 Å². The van der Waals surface area contributed by atoms with Gasteiger partial charge in [-0.1, -0.05) is 0 Å². The number of aromatic amines is 2. The van der Waals surface area contributed by atoms with E-state index in [0.717, 1.165) is 9.13 Å². The van der Waals surface area contributed by atoms with Gasteiger partial charge in [-0.15, -0.1) is 0 Å². The number of nitrogens with one attached hydrogen (secondary N) is 3. The maximum atomic E-state index is 12.7. The van der Waals surface area contributed by atoms with Crippen LogP contribution in [0, 0.1) is 13.8 Å². The monoisotopic (exact) mass is 545 g/mol. The summed E-state index contributed by atoms with van der Waals surface area (Å²) in [6.07, 6.45) is -3.61.